The highest BCUT2D eigenvalue weighted by Crippen LogP contribution is 2.16. The molecule has 0 aliphatic rings. The molecule has 0 fully saturated rings. The molecule has 0 aromatic rings. The van der Waals surface area contributed by atoms with E-state index in [4.69, 9.17) is 0 Å². The minimum Gasteiger partial charge on any atom is -0.394 e. The van der Waals surface area contributed by atoms with Crippen LogP contribution >= 0.6 is 0 Å². The number of rotatable bonds is 49. The molecule has 4 heteroatoms. The van der Waals surface area contributed by atoms with Gasteiger partial charge in [-0.1, -0.05) is 259 Å². The van der Waals surface area contributed by atoms with Crippen molar-refractivity contribution in [3.63, 3.8) is 0 Å². The Kier molecular flexibility index (Phi) is 51.8. The largest absolute Gasteiger partial charge is 0.394 e. The summed E-state index contributed by atoms with van der Waals surface area (Å²) in [5, 5.41) is 23.1. The number of carbonyl (C=O) groups is 1. The highest BCUT2D eigenvalue weighted by molar-refractivity contribution is 5.76. The first-order chi connectivity index (χ1) is 31.2. The third-order valence-electron chi connectivity index (χ3n) is 12.1. The van der Waals surface area contributed by atoms with E-state index in [2.05, 4.69) is 92.1 Å². The fourth-order valence-electron chi connectivity index (χ4n) is 7.97. The fraction of sp³-hybridized carbons (Fsp3) is 0.746. The van der Waals surface area contributed by atoms with E-state index in [0.717, 1.165) is 64.2 Å². The Morgan fingerprint density at radius 2 is 0.714 bits per heavy atom. The molecule has 4 nitrogen and oxygen atoms in total. The lowest BCUT2D eigenvalue weighted by molar-refractivity contribution is -0.123. The molecule has 2 unspecified atom stereocenters. The van der Waals surface area contributed by atoms with Crippen molar-refractivity contribution >= 4 is 5.91 Å². The maximum absolute atomic E-state index is 12.5. The van der Waals surface area contributed by atoms with Gasteiger partial charge in [0.05, 0.1) is 18.8 Å². The van der Waals surface area contributed by atoms with Gasteiger partial charge >= 0.3 is 0 Å². The molecule has 0 rings (SSSR count). The van der Waals surface area contributed by atoms with Crippen LogP contribution in [0, 0.1) is 0 Å². The molecular weight excluding hydrogens is 771 g/mol. The Morgan fingerprint density at radius 3 is 1.11 bits per heavy atom. The summed E-state index contributed by atoms with van der Waals surface area (Å²) >= 11 is 0. The van der Waals surface area contributed by atoms with Gasteiger partial charge in [-0.3, -0.25) is 4.79 Å². The van der Waals surface area contributed by atoms with Gasteiger partial charge in [-0.15, -0.1) is 0 Å². The summed E-state index contributed by atoms with van der Waals surface area (Å²) in [6.07, 6.45) is 78.8. The zero-order chi connectivity index (χ0) is 45.6. The smallest absolute Gasteiger partial charge is 0.220 e. The van der Waals surface area contributed by atoms with E-state index in [1.807, 2.05) is 6.08 Å². The number of carbonyl (C=O) groups excluding carboxylic acids is 1. The number of nitrogens with one attached hydrogen (secondary N) is 1. The van der Waals surface area contributed by atoms with Crippen LogP contribution in [0.15, 0.2) is 85.1 Å². The number of aliphatic hydroxyl groups excluding tert-OH is 2. The zero-order valence-electron chi connectivity index (χ0n) is 41.8. The molecule has 3 N–H and O–H groups in total. The van der Waals surface area contributed by atoms with E-state index in [1.54, 1.807) is 6.08 Å². The van der Waals surface area contributed by atoms with E-state index in [-0.39, 0.29) is 12.5 Å². The van der Waals surface area contributed by atoms with Crippen molar-refractivity contribution in [2.24, 2.45) is 0 Å². The number of amides is 1. The normalized spacial score (nSPS) is 13.5. The van der Waals surface area contributed by atoms with Crippen LogP contribution in [0.2, 0.25) is 0 Å². The van der Waals surface area contributed by atoms with Crippen LogP contribution in [0.25, 0.3) is 0 Å². The van der Waals surface area contributed by atoms with Gasteiger partial charge in [-0.2, -0.15) is 0 Å². The molecule has 0 heterocycles. The van der Waals surface area contributed by atoms with Crippen LogP contribution < -0.4 is 5.32 Å². The first kappa shape index (κ1) is 60.6. The minimum atomic E-state index is -0.875. The second kappa shape index (κ2) is 53.9. The summed E-state index contributed by atoms with van der Waals surface area (Å²) in [4.78, 5) is 12.5. The SMILES string of the molecule is CC/C=C\C/C=C\C/C=C\C/C=C\CCCCCCCCCCCCCCCCC(=O)NC(CO)C(O)/C=C/CC/C=C/CC/C=C/CCCCCCCCCCCCCCCC. The molecule has 0 spiro atoms. The fourth-order valence-corrected chi connectivity index (χ4v) is 7.97. The summed E-state index contributed by atoms with van der Waals surface area (Å²) in [6.45, 7) is 4.19. The summed E-state index contributed by atoms with van der Waals surface area (Å²) in [7, 11) is 0. The van der Waals surface area contributed by atoms with E-state index in [0.29, 0.717) is 6.42 Å². The van der Waals surface area contributed by atoms with Gasteiger partial charge in [0, 0.05) is 6.42 Å². The third-order valence-corrected chi connectivity index (χ3v) is 12.1. The van der Waals surface area contributed by atoms with Gasteiger partial charge < -0.3 is 15.5 Å². The van der Waals surface area contributed by atoms with Crippen LogP contribution in [0.1, 0.15) is 264 Å². The second-order valence-corrected chi connectivity index (χ2v) is 18.2. The average molecular weight is 876 g/mol. The minimum absolute atomic E-state index is 0.0797. The Bertz CT molecular complexity index is 1130. The molecule has 1 amide bonds. The second-order valence-electron chi connectivity index (χ2n) is 18.2. The van der Waals surface area contributed by atoms with Crippen LogP contribution in [0.3, 0.4) is 0 Å². The van der Waals surface area contributed by atoms with Crippen LogP contribution in [0.5, 0.6) is 0 Å². The van der Waals surface area contributed by atoms with E-state index in [1.165, 1.54) is 180 Å². The molecule has 0 aliphatic heterocycles. The average Bonchev–Trinajstić information content (AvgIpc) is 3.29. The first-order valence-electron chi connectivity index (χ1n) is 27.3. The first-order valence-corrected chi connectivity index (χ1v) is 27.3. The molecule has 0 bridgehead atoms. The molecule has 0 aliphatic carbocycles. The lowest BCUT2D eigenvalue weighted by Gasteiger charge is -2.19. The van der Waals surface area contributed by atoms with Crippen molar-refractivity contribution in [2.75, 3.05) is 6.61 Å². The van der Waals surface area contributed by atoms with Crippen LogP contribution in [-0.4, -0.2) is 34.9 Å². The highest BCUT2D eigenvalue weighted by Gasteiger charge is 2.17. The quantitative estimate of drug-likeness (QED) is 0.0421. The molecular formula is C59H105NO3. The Balaban J connectivity index is 3.58. The highest BCUT2D eigenvalue weighted by atomic mass is 16.3. The van der Waals surface area contributed by atoms with Crippen molar-refractivity contribution in [3.8, 4) is 0 Å². The molecule has 364 valence electrons. The monoisotopic (exact) mass is 876 g/mol. The maximum Gasteiger partial charge on any atom is 0.220 e. The molecule has 0 aromatic carbocycles. The Morgan fingerprint density at radius 1 is 0.397 bits per heavy atom. The molecule has 2 atom stereocenters. The molecule has 0 radical (unpaired) electrons. The van der Waals surface area contributed by atoms with Gasteiger partial charge in [0.25, 0.3) is 0 Å². The van der Waals surface area contributed by atoms with Crippen LogP contribution in [0.4, 0.5) is 0 Å². The van der Waals surface area contributed by atoms with Gasteiger partial charge in [0.2, 0.25) is 5.91 Å². The van der Waals surface area contributed by atoms with Crippen molar-refractivity contribution in [1.29, 1.82) is 0 Å². The van der Waals surface area contributed by atoms with Crippen molar-refractivity contribution in [2.45, 2.75) is 276 Å². The lowest BCUT2D eigenvalue weighted by Crippen LogP contribution is -2.45. The number of allylic oxidation sites excluding steroid dienone is 13. The molecule has 0 saturated heterocycles. The van der Waals surface area contributed by atoms with Crippen LogP contribution in [-0.2, 0) is 4.79 Å². The van der Waals surface area contributed by atoms with Crippen molar-refractivity contribution < 1.29 is 15.0 Å². The van der Waals surface area contributed by atoms with Gasteiger partial charge in [0.1, 0.15) is 0 Å². The standard InChI is InChI=1S/C59H105NO3/c1-3-5-7-9-11-13-15-17-19-21-23-25-27-29-30-31-33-35-37-39-41-43-45-47-49-51-53-55-59(63)60-57(56-61)58(62)54-52-50-48-46-44-42-40-38-36-34-32-28-26-24-22-20-18-16-14-12-10-8-6-4-2/h5,7,11,13,17,19,23,25,36,38,44,46,52,54,57-58,61-62H,3-4,6,8-10,12,14-16,18,20-22,24,26-35,37,39-43,45,47-51,53,55-56H2,1-2H3,(H,60,63)/b7-5-,13-11-,19-17-,25-23-,38-36+,46-44+,54-52+. The number of hydrogen-bond acceptors (Lipinski definition) is 3. The molecule has 0 aromatic heterocycles. The third kappa shape index (κ3) is 50.4. The summed E-state index contributed by atoms with van der Waals surface area (Å²) in [5.74, 6) is -0.0797. The summed E-state index contributed by atoms with van der Waals surface area (Å²) in [6, 6.07) is -0.651. The maximum atomic E-state index is 12.5. The number of hydrogen-bond donors (Lipinski definition) is 3. The number of aliphatic hydroxyl groups is 2. The van der Waals surface area contributed by atoms with E-state index >= 15 is 0 Å². The van der Waals surface area contributed by atoms with E-state index < -0.39 is 12.1 Å². The van der Waals surface area contributed by atoms with Gasteiger partial charge in [-0.05, 0) is 83.5 Å². The Hall–Kier alpha value is -2.43. The predicted molar refractivity (Wildman–Crippen MR) is 280 cm³/mol. The summed E-state index contributed by atoms with van der Waals surface area (Å²) in [5.41, 5.74) is 0. The summed E-state index contributed by atoms with van der Waals surface area (Å²) < 4.78 is 0. The predicted octanol–water partition coefficient (Wildman–Crippen LogP) is 18.0. The van der Waals surface area contributed by atoms with E-state index in [9.17, 15) is 15.0 Å². The number of unbranched alkanes of at least 4 members (excludes halogenated alkanes) is 30. The zero-order valence-corrected chi connectivity index (χ0v) is 41.8. The Labute approximate surface area is 392 Å². The van der Waals surface area contributed by atoms with Crippen molar-refractivity contribution in [3.05, 3.63) is 85.1 Å². The van der Waals surface area contributed by atoms with Gasteiger partial charge in [-0.25, -0.2) is 0 Å². The topological polar surface area (TPSA) is 69.6 Å². The molecule has 0 saturated carbocycles. The molecule has 63 heavy (non-hydrogen) atoms. The van der Waals surface area contributed by atoms with Crippen molar-refractivity contribution in [1.82, 2.24) is 5.32 Å². The lowest BCUT2D eigenvalue weighted by atomic mass is 10.0. The van der Waals surface area contributed by atoms with Gasteiger partial charge in [0.15, 0.2) is 0 Å².